The lowest BCUT2D eigenvalue weighted by molar-refractivity contribution is 0.122. The first-order valence-electron chi connectivity index (χ1n) is 8.75. The molecule has 0 N–H and O–H groups in total. The van der Waals surface area contributed by atoms with Crippen LogP contribution in [0.3, 0.4) is 0 Å². The standard InChI is InChI=1S/C19H26N4O2/c1-22(9-3-4-16-5-7-17(24-2)8-6-16)18-14-19(21-15-20-18)23-10-12-25-13-11-23/h5-8,14-15H,3-4,9-13H2,1-2H3. The van der Waals surface area contributed by atoms with Crippen molar-refractivity contribution < 1.29 is 9.47 Å². The average molecular weight is 342 g/mol. The van der Waals surface area contributed by atoms with Crippen molar-refractivity contribution in [3.05, 3.63) is 42.2 Å². The molecule has 2 aromatic rings. The van der Waals surface area contributed by atoms with Crippen LogP contribution in [0.5, 0.6) is 5.75 Å². The molecule has 1 aromatic carbocycles. The molecule has 0 amide bonds. The van der Waals surface area contributed by atoms with E-state index in [0.29, 0.717) is 0 Å². The van der Waals surface area contributed by atoms with E-state index in [9.17, 15) is 0 Å². The fourth-order valence-electron chi connectivity index (χ4n) is 2.94. The summed E-state index contributed by atoms with van der Waals surface area (Å²) in [6, 6.07) is 10.3. The van der Waals surface area contributed by atoms with E-state index in [1.54, 1.807) is 13.4 Å². The number of anilines is 2. The third-order valence-electron chi connectivity index (χ3n) is 4.48. The van der Waals surface area contributed by atoms with Crippen molar-refractivity contribution in [2.24, 2.45) is 0 Å². The fraction of sp³-hybridized carbons (Fsp3) is 0.474. The minimum atomic E-state index is 0.761. The Morgan fingerprint density at radius 3 is 2.64 bits per heavy atom. The summed E-state index contributed by atoms with van der Waals surface area (Å²) in [5, 5.41) is 0. The van der Waals surface area contributed by atoms with E-state index in [-0.39, 0.29) is 0 Å². The Morgan fingerprint density at radius 1 is 1.16 bits per heavy atom. The van der Waals surface area contributed by atoms with Crippen LogP contribution in [-0.2, 0) is 11.2 Å². The molecular weight excluding hydrogens is 316 g/mol. The monoisotopic (exact) mass is 342 g/mol. The summed E-state index contributed by atoms with van der Waals surface area (Å²) < 4.78 is 10.6. The lowest BCUT2D eigenvalue weighted by atomic mass is 10.1. The van der Waals surface area contributed by atoms with Crippen molar-refractivity contribution in [2.75, 3.05) is 56.8 Å². The Hall–Kier alpha value is -2.34. The van der Waals surface area contributed by atoms with Crippen LogP contribution in [-0.4, -0.2) is 57.0 Å². The Kier molecular flexibility index (Phi) is 6.06. The Morgan fingerprint density at radius 2 is 1.92 bits per heavy atom. The predicted octanol–water partition coefficient (Wildman–Crippen LogP) is 2.39. The number of nitrogens with zero attached hydrogens (tertiary/aromatic N) is 4. The molecule has 0 atom stereocenters. The van der Waals surface area contributed by atoms with Gasteiger partial charge in [0.05, 0.1) is 20.3 Å². The summed E-state index contributed by atoms with van der Waals surface area (Å²) in [7, 11) is 3.77. The molecule has 1 fully saturated rings. The first-order valence-corrected chi connectivity index (χ1v) is 8.75. The number of aryl methyl sites for hydroxylation is 1. The molecule has 1 saturated heterocycles. The zero-order chi connectivity index (χ0) is 17.5. The second kappa shape index (κ2) is 8.67. The molecule has 1 aromatic heterocycles. The van der Waals surface area contributed by atoms with Crippen LogP contribution < -0.4 is 14.5 Å². The second-order valence-electron chi connectivity index (χ2n) is 6.21. The van der Waals surface area contributed by atoms with E-state index in [4.69, 9.17) is 9.47 Å². The van der Waals surface area contributed by atoms with Gasteiger partial charge in [-0.2, -0.15) is 0 Å². The molecule has 0 spiro atoms. The Balaban J connectivity index is 1.52. The number of rotatable bonds is 7. The maximum Gasteiger partial charge on any atom is 0.134 e. The molecule has 0 aliphatic carbocycles. The van der Waals surface area contributed by atoms with Crippen LogP contribution >= 0.6 is 0 Å². The number of hydrogen-bond donors (Lipinski definition) is 0. The highest BCUT2D eigenvalue weighted by Crippen LogP contribution is 2.18. The minimum absolute atomic E-state index is 0.761. The van der Waals surface area contributed by atoms with E-state index in [1.165, 1.54) is 5.56 Å². The molecule has 0 saturated carbocycles. The number of aromatic nitrogens is 2. The third-order valence-corrected chi connectivity index (χ3v) is 4.48. The Bertz CT molecular complexity index is 657. The fourth-order valence-corrected chi connectivity index (χ4v) is 2.94. The van der Waals surface area contributed by atoms with Crippen LogP contribution in [0.25, 0.3) is 0 Å². The van der Waals surface area contributed by atoms with E-state index >= 15 is 0 Å². The van der Waals surface area contributed by atoms with Crippen molar-refractivity contribution in [1.29, 1.82) is 0 Å². The number of methoxy groups -OCH3 is 1. The molecule has 0 unspecified atom stereocenters. The first kappa shape index (κ1) is 17.5. The second-order valence-corrected chi connectivity index (χ2v) is 6.21. The lowest BCUT2D eigenvalue weighted by Gasteiger charge is -2.28. The maximum atomic E-state index is 5.41. The smallest absolute Gasteiger partial charge is 0.134 e. The quantitative estimate of drug-likeness (QED) is 0.770. The van der Waals surface area contributed by atoms with Gasteiger partial charge in [0.2, 0.25) is 0 Å². The number of morpholine rings is 1. The predicted molar refractivity (Wildman–Crippen MR) is 99.6 cm³/mol. The van der Waals surface area contributed by atoms with Crippen molar-refractivity contribution >= 4 is 11.6 Å². The zero-order valence-electron chi connectivity index (χ0n) is 15.0. The summed E-state index contributed by atoms with van der Waals surface area (Å²) in [5.41, 5.74) is 1.32. The summed E-state index contributed by atoms with van der Waals surface area (Å²) in [5.74, 6) is 2.85. The zero-order valence-corrected chi connectivity index (χ0v) is 15.0. The van der Waals surface area contributed by atoms with Gasteiger partial charge in [0.1, 0.15) is 23.7 Å². The van der Waals surface area contributed by atoms with Gasteiger partial charge < -0.3 is 19.3 Å². The van der Waals surface area contributed by atoms with Crippen LogP contribution in [0.2, 0.25) is 0 Å². The lowest BCUT2D eigenvalue weighted by Crippen LogP contribution is -2.37. The number of benzene rings is 1. The molecule has 0 radical (unpaired) electrons. The van der Waals surface area contributed by atoms with Crippen molar-refractivity contribution in [2.45, 2.75) is 12.8 Å². The van der Waals surface area contributed by atoms with Crippen molar-refractivity contribution in [3.8, 4) is 5.75 Å². The van der Waals surface area contributed by atoms with Gasteiger partial charge >= 0.3 is 0 Å². The summed E-state index contributed by atoms with van der Waals surface area (Å²) in [6.07, 6.45) is 3.76. The van der Waals surface area contributed by atoms with E-state index in [1.807, 2.05) is 12.1 Å². The van der Waals surface area contributed by atoms with Gasteiger partial charge in [-0.15, -0.1) is 0 Å². The van der Waals surface area contributed by atoms with Crippen LogP contribution in [0.4, 0.5) is 11.6 Å². The minimum Gasteiger partial charge on any atom is -0.497 e. The molecule has 134 valence electrons. The van der Waals surface area contributed by atoms with E-state index < -0.39 is 0 Å². The molecule has 3 rings (SSSR count). The van der Waals surface area contributed by atoms with E-state index in [0.717, 1.165) is 63.1 Å². The summed E-state index contributed by atoms with van der Waals surface area (Å²) >= 11 is 0. The maximum absolute atomic E-state index is 5.41. The highest BCUT2D eigenvalue weighted by molar-refractivity contribution is 5.49. The molecule has 0 bridgehead atoms. The third kappa shape index (κ3) is 4.82. The molecule has 6 heteroatoms. The van der Waals surface area contributed by atoms with Gasteiger partial charge in [-0.3, -0.25) is 0 Å². The van der Waals surface area contributed by atoms with Gasteiger partial charge in [-0.05, 0) is 30.5 Å². The highest BCUT2D eigenvalue weighted by Gasteiger charge is 2.14. The highest BCUT2D eigenvalue weighted by atomic mass is 16.5. The SMILES string of the molecule is COc1ccc(CCCN(C)c2cc(N3CCOCC3)ncn2)cc1. The average Bonchev–Trinajstić information content (AvgIpc) is 2.69. The molecule has 1 aliphatic rings. The van der Waals surface area contributed by atoms with Crippen molar-refractivity contribution in [3.63, 3.8) is 0 Å². The van der Waals surface area contributed by atoms with E-state index in [2.05, 4.69) is 45.0 Å². The molecule has 1 aliphatic heterocycles. The molecular formula is C19H26N4O2. The molecule has 6 nitrogen and oxygen atoms in total. The molecule has 2 heterocycles. The summed E-state index contributed by atoms with van der Waals surface area (Å²) in [4.78, 5) is 13.3. The van der Waals surface area contributed by atoms with Crippen LogP contribution in [0, 0.1) is 0 Å². The van der Waals surface area contributed by atoms with Crippen molar-refractivity contribution in [1.82, 2.24) is 9.97 Å². The topological polar surface area (TPSA) is 50.7 Å². The number of hydrogen-bond acceptors (Lipinski definition) is 6. The summed E-state index contributed by atoms with van der Waals surface area (Å²) in [6.45, 7) is 4.24. The normalized spacial score (nSPS) is 14.4. The number of ether oxygens (including phenoxy) is 2. The van der Waals surface area contributed by atoms with Gasteiger partial charge in [0.15, 0.2) is 0 Å². The first-order chi connectivity index (χ1) is 12.3. The van der Waals surface area contributed by atoms with Crippen LogP contribution in [0.1, 0.15) is 12.0 Å². The van der Waals surface area contributed by atoms with Crippen LogP contribution in [0.15, 0.2) is 36.7 Å². The Labute approximate surface area is 149 Å². The van der Waals surface area contributed by atoms with Gasteiger partial charge in [0.25, 0.3) is 0 Å². The van der Waals surface area contributed by atoms with Gasteiger partial charge in [0, 0.05) is 32.7 Å². The van der Waals surface area contributed by atoms with Gasteiger partial charge in [-0.25, -0.2) is 9.97 Å². The molecule has 25 heavy (non-hydrogen) atoms. The van der Waals surface area contributed by atoms with Gasteiger partial charge in [-0.1, -0.05) is 12.1 Å². The largest absolute Gasteiger partial charge is 0.497 e.